The van der Waals surface area contributed by atoms with E-state index in [1.54, 1.807) is 18.9 Å². The number of methoxy groups -OCH3 is 1. The summed E-state index contributed by atoms with van der Waals surface area (Å²) in [5.74, 6) is 2.21. The molecule has 0 atom stereocenters. The topological polar surface area (TPSA) is 68.1 Å². The molecule has 88 valence electrons. The highest BCUT2D eigenvalue weighted by atomic mass is 16.5. The number of phenolic OH excluding ortho intramolecular Hbond substituents is 1. The van der Waals surface area contributed by atoms with Gasteiger partial charge in [0.1, 0.15) is 17.2 Å². The van der Waals surface area contributed by atoms with Crippen molar-refractivity contribution in [1.82, 2.24) is 0 Å². The van der Waals surface area contributed by atoms with Gasteiger partial charge in [0.25, 0.3) is 0 Å². The number of carbonyl (C=O) groups excluding carboxylic acids is 1. The molecule has 5 heteroatoms. The van der Waals surface area contributed by atoms with Gasteiger partial charge in [0, 0.05) is 5.56 Å². The van der Waals surface area contributed by atoms with Crippen molar-refractivity contribution in [2.24, 2.45) is 4.99 Å². The Kier molecular flexibility index (Phi) is 2.85. The van der Waals surface area contributed by atoms with Gasteiger partial charge in [-0.05, 0) is 19.1 Å². The van der Waals surface area contributed by atoms with Gasteiger partial charge < -0.3 is 14.6 Å². The summed E-state index contributed by atoms with van der Waals surface area (Å²) < 4.78 is 10.3. The minimum absolute atomic E-state index is 0.0296. The number of aromatic hydroxyl groups is 1. The van der Waals surface area contributed by atoms with Crippen molar-refractivity contribution in [3.63, 3.8) is 0 Å². The molecule has 0 saturated carbocycles. The Balaban J connectivity index is 2.63. The highest BCUT2D eigenvalue weighted by Gasteiger charge is 2.27. The fraction of sp³-hybridized carbons (Fsp3) is 0.250. The minimum Gasteiger partial charge on any atom is -0.504 e. The standard InChI is InChI=1S/C12H11NO4/c1-3-17-12-8(6-14)7-4-5-9(15)11(16-2)10(7)13-12/h4-5,15H,3H2,1-2H3. The molecule has 1 aliphatic heterocycles. The van der Waals surface area contributed by atoms with E-state index in [1.165, 1.54) is 13.2 Å². The molecule has 1 aromatic rings. The second-order valence-corrected chi connectivity index (χ2v) is 3.34. The number of ether oxygens (including phenoxy) is 2. The van der Waals surface area contributed by atoms with E-state index < -0.39 is 0 Å². The molecular formula is C12H11NO4. The molecule has 0 spiro atoms. The lowest BCUT2D eigenvalue weighted by Gasteiger charge is -2.06. The van der Waals surface area contributed by atoms with E-state index in [4.69, 9.17) is 9.47 Å². The third-order valence-corrected chi connectivity index (χ3v) is 2.39. The summed E-state index contributed by atoms with van der Waals surface area (Å²) in [5, 5.41) is 9.61. The summed E-state index contributed by atoms with van der Waals surface area (Å²) >= 11 is 0. The van der Waals surface area contributed by atoms with Crippen molar-refractivity contribution in [2.45, 2.75) is 6.92 Å². The number of hydrogen-bond donors (Lipinski definition) is 1. The van der Waals surface area contributed by atoms with E-state index >= 15 is 0 Å². The number of aliphatic imine (C=N–C) groups is 1. The smallest absolute Gasteiger partial charge is 0.233 e. The molecule has 2 rings (SSSR count). The van der Waals surface area contributed by atoms with Crippen molar-refractivity contribution in [2.75, 3.05) is 13.7 Å². The van der Waals surface area contributed by atoms with Crippen molar-refractivity contribution < 1.29 is 19.4 Å². The van der Waals surface area contributed by atoms with Crippen molar-refractivity contribution >= 4 is 23.1 Å². The molecule has 0 unspecified atom stereocenters. The first kappa shape index (κ1) is 11.2. The van der Waals surface area contributed by atoms with E-state index in [0.29, 0.717) is 17.9 Å². The van der Waals surface area contributed by atoms with Gasteiger partial charge in [-0.25, -0.2) is 9.79 Å². The molecule has 0 fully saturated rings. The molecule has 5 nitrogen and oxygen atoms in total. The normalized spacial score (nSPS) is 12.8. The Bertz CT molecular complexity index is 542. The third kappa shape index (κ3) is 1.66. The summed E-state index contributed by atoms with van der Waals surface area (Å²) in [6.07, 6.45) is 0. The van der Waals surface area contributed by atoms with Crippen LogP contribution in [0, 0.1) is 0 Å². The number of benzene rings is 1. The zero-order chi connectivity index (χ0) is 12.4. The van der Waals surface area contributed by atoms with Crippen molar-refractivity contribution in [3.8, 4) is 11.5 Å². The lowest BCUT2D eigenvalue weighted by atomic mass is 10.1. The van der Waals surface area contributed by atoms with Crippen LogP contribution in [0.3, 0.4) is 0 Å². The largest absolute Gasteiger partial charge is 0.504 e. The number of nitrogens with zero attached hydrogens (tertiary/aromatic N) is 1. The Labute approximate surface area is 98.0 Å². The van der Waals surface area contributed by atoms with Gasteiger partial charge in [-0.3, -0.25) is 0 Å². The summed E-state index contributed by atoms with van der Waals surface area (Å²) in [5.41, 5.74) is 1.20. The molecular weight excluding hydrogens is 222 g/mol. The fourth-order valence-electron chi connectivity index (χ4n) is 1.69. The van der Waals surface area contributed by atoms with E-state index in [2.05, 4.69) is 4.99 Å². The average molecular weight is 233 g/mol. The van der Waals surface area contributed by atoms with Crippen LogP contribution in [0.5, 0.6) is 11.5 Å². The monoisotopic (exact) mass is 233 g/mol. The molecule has 17 heavy (non-hydrogen) atoms. The van der Waals surface area contributed by atoms with Crippen LogP contribution >= 0.6 is 0 Å². The van der Waals surface area contributed by atoms with Crippen LogP contribution in [0.15, 0.2) is 17.1 Å². The zero-order valence-electron chi connectivity index (χ0n) is 9.48. The van der Waals surface area contributed by atoms with Gasteiger partial charge in [-0.1, -0.05) is 0 Å². The van der Waals surface area contributed by atoms with E-state index in [0.717, 1.165) is 0 Å². The van der Waals surface area contributed by atoms with Crippen molar-refractivity contribution in [1.29, 1.82) is 0 Å². The van der Waals surface area contributed by atoms with Gasteiger partial charge in [0.2, 0.25) is 5.90 Å². The molecule has 0 bridgehead atoms. The minimum atomic E-state index is -0.0296. The van der Waals surface area contributed by atoms with Crippen LogP contribution in [-0.2, 0) is 9.53 Å². The molecule has 1 aromatic carbocycles. The number of fused-ring (bicyclic) bond motifs is 1. The molecule has 0 amide bonds. The molecule has 0 aromatic heterocycles. The lowest BCUT2D eigenvalue weighted by molar-refractivity contribution is 0.333. The van der Waals surface area contributed by atoms with Gasteiger partial charge in [-0.2, -0.15) is 0 Å². The number of rotatable bonds is 2. The first-order valence-electron chi connectivity index (χ1n) is 5.10. The van der Waals surface area contributed by atoms with Crippen LogP contribution in [0.2, 0.25) is 0 Å². The second kappa shape index (κ2) is 4.31. The second-order valence-electron chi connectivity index (χ2n) is 3.34. The summed E-state index contributed by atoms with van der Waals surface area (Å²) in [6, 6.07) is 3.03. The van der Waals surface area contributed by atoms with E-state index in [-0.39, 0.29) is 23.0 Å². The predicted octanol–water partition coefficient (Wildman–Crippen LogP) is 1.70. The average Bonchev–Trinajstić information content (AvgIpc) is 2.67. The van der Waals surface area contributed by atoms with Crippen LogP contribution in [0.4, 0.5) is 5.69 Å². The molecule has 0 saturated heterocycles. The predicted molar refractivity (Wildman–Crippen MR) is 62.5 cm³/mol. The van der Waals surface area contributed by atoms with E-state index in [1.807, 2.05) is 0 Å². The molecule has 0 aliphatic carbocycles. The van der Waals surface area contributed by atoms with Crippen molar-refractivity contribution in [3.05, 3.63) is 17.7 Å². The molecule has 1 heterocycles. The molecule has 1 aliphatic rings. The first-order chi connectivity index (χ1) is 8.22. The summed E-state index contributed by atoms with van der Waals surface area (Å²) in [4.78, 5) is 15.0. The third-order valence-electron chi connectivity index (χ3n) is 2.39. The van der Waals surface area contributed by atoms with Crippen LogP contribution in [0.1, 0.15) is 12.5 Å². The summed E-state index contributed by atoms with van der Waals surface area (Å²) in [7, 11) is 1.42. The SMILES string of the molecule is CCOC1=Nc2c(ccc(O)c2OC)C1=C=O. The number of hydrogen-bond acceptors (Lipinski definition) is 5. The maximum Gasteiger partial charge on any atom is 0.233 e. The first-order valence-corrected chi connectivity index (χ1v) is 5.10. The van der Waals surface area contributed by atoms with Crippen LogP contribution in [0.25, 0.3) is 5.57 Å². The van der Waals surface area contributed by atoms with Gasteiger partial charge in [0.15, 0.2) is 11.5 Å². The van der Waals surface area contributed by atoms with Gasteiger partial charge in [0.05, 0.1) is 13.7 Å². The molecule has 0 radical (unpaired) electrons. The zero-order valence-corrected chi connectivity index (χ0v) is 9.48. The Hall–Kier alpha value is -2.26. The van der Waals surface area contributed by atoms with E-state index in [9.17, 15) is 9.90 Å². The van der Waals surface area contributed by atoms with Gasteiger partial charge >= 0.3 is 0 Å². The Morgan fingerprint density at radius 3 is 2.82 bits per heavy atom. The summed E-state index contributed by atoms with van der Waals surface area (Å²) in [6.45, 7) is 2.19. The highest BCUT2D eigenvalue weighted by Crippen LogP contribution is 2.45. The fourth-order valence-corrected chi connectivity index (χ4v) is 1.69. The van der Waals surface area contributed by atoms with Crippen LogP contribution in [-0.4, -0.2) is 30.7 Å². The molecule has 1 N–H and O–H groups in total. The van der Waals surface area contributed by atoms with Crippen LogP contribution < -0.4 is 4.74 Å². The maximum atomic E-state index is 10.9. The highest BCUT2D eigenvalue weighted by molar-refractivity contribution is 6.32. The maximum absolute atomic E-state index is 10.9. The quantitative estimate of drug-likeness (QED) is 0.789. The Morgan fingerprint density at radius 1 is 1.47 bits per heavy atom. The number of phenols is 1. The lowest BCUT2D eigenvalue weighted by Crippen LogP contribution is -2.03. The Morgan fingerprint density at radius 2 is 2.24 bits per heavy atom. The van der Waals surface area contributed by atoms with Gasteiger partial charge in [-0.15, -0.1) is 0 Å².